The van der Waals surface area contributed by atoms with Crippen molar-refractivity contribution < 1.29 is 4.42 Å². The van der Waals surface area contributed by atoms with Gasteiger partial charge in [-0.05, 0) is 43.1 Å². The third-order valence-corrected chi connectivity index (χ3v) is 3.31. The molecule has 3 N–H and O–H groups in total. The van der Waals surface area contributed by atoms with Crippen LogP contribution in [-0.4, -0.2) is 12.6 Å². The molecule has 1 heterocycles. The first-order chi connectivity index (χ1) is 9.29. The van der Waals surface area contributed by atoms with Crippen LogP contribution in [0.25, 0.3) is 0 Å². The van der Waals surface area contributed by atoms with E-state index in [0.717, 1.165) is 25.1 Å². The maximum absolute atomic E-state index is 5.74. The molecule has 0 aliphatic rings. The lowest BCUT2D eigenvalue weighted by Gasteiger charge is -2.13. The fourth-order valence-electron chi connectivity index (χ4n) is 2.26. The minimum absolute atomic E-state index is 0.413. The molecule has 19 heavy (non-hydrogen) atoms. The molecule has 0 bridgehead atoms. The van der Waals surface area contributed by atoms with Crippen LogP contribution >= 0.6 is 0 Å². The monoisotopic (exact) mass is 258 g/mol. The molecule has 1 atom stereocenters. The van der Waals surface area contributed by atoms with Crippen LogP contribution in [0.15, 0.2) is 47.1 Å². The van der Waals surface area contributed by atoms with Crippen molar-refractivity contribution in [3.05, 3.63) is 59.5 Å². The van der Waals surface area contributed by atoms with Crippen LogP contribution in [0.4, 0.5) is 0 Å². The quantitative estimate of drug-likeness (QED) is 0.802. The van der Waals surface area contributed by atoms with Crippen molar-refractivity contribution in [3.8, 4) is 0 Å². The molecule has 0 radical (unpaired) electrons. The average molecular weight is 258 g/mol. The van der Waals surface area contributed by atoms with Crippen LogP contribution in [-0.2, 0) is 19.4 Å². The normalized spacial score (nSPS) is 12.5. The lowest BCUT2D eigenvalue weighted by atomic mass is 10.0. The Morgan fingerprint density at radius 3 is 2.63 bits per heavy atom. The highest BCUT2D eigenvalue weighted by atomic mass is 16.3. The van der Waals surface area contributed by atoms with Crippen molar-refractivity contribution in [3.63, 3.8) is 0 Å². The average Bonchev–Trinajstić information content (AvgIpc) is 2.92. The Balaban J connectivity index is 1.76. The Labute approximate surface area is 114 Å². The summed E-state index contributed by atoms with van der Waals surface area (Å²) in [7, 11) is 0. The SMILES string of the molecule is CC(Cc1ccco1)NCCc1ccccc1CN. The number of hydrogen-bond donors (Lipinski definition) is 2. The molecule has 3 heteroatoms. The summed E-state index contributed by atoms with van der Waals surface area (Å²) >= 11 is 0. The maximum Gasteiger partial charge on any atom is 0.105 e. The van der Waals surface area contributed by atoms with E-state index in [1.54, 1.807) is 6.26 Å². The summed E-state index contributed by atoms with van der Waals surface area (Å²) in [6.45, 7) is 3.74. The number of nitrogens with two attached hydrogens (primary N) is 1. The van der Waals surface area contributed by atoms with Gasteiger partial charge in [-0.1, -0.05) is 24.3 Å². The maximum atomic E-state index is 5.74. The molecule has 0 amide bonds. The van der Waals surface area contributed by atoms with Gasteiger partial charge < -0.3 is 15.5 Å². The second-order valence-corrected chi connectivity index (χ2v) is 4.86. The summed E-state index contributed by atoms with van der Waals surface area (Å²) in [6, 6.07) is 12.7. The van der Waals surface area contributed by atoms with Crippen molar-refractivity contribution in [2.75, 3.05) is 6.54 Å². The summed E-state index contributed by atoms with van der Waals surface area (Å²) in [5.41, 5.74) is 8.31. The first-order valence-electron chi connectivity index (χ1n) is 6.82. The third kappa shape index (κ3) is 4.23. The molecule has 1 aromatic heterocycles. The van der Waals surface area contributed by atoms with Crippen molar-refractivity contribution in [2.45, 2.75) is 32.4 Å². The van der Waals surface area contributed by atoms with Gasteiger partial charge in [0, 0.05) is 19.0 Å². The number of benzene rings is 1. The molecular weight excluding hydrogens is 236 g/mol. The minimum atomic E-state index is 0.413. The summed E-state index contributed by atoms with van der Waals surface area (Å²) in [4.78, 5) is 0. The third-order valence-electron chi connectivity index (χ3n) is 3.31. The van der Waals surface area contributed by atoms with E-state index in [2.05, 4.69) is 30.4 Å². The van der Waals surface area contributed by atoms with Gasteiger partial charge in [0.15, 0.2) is 0 Å². The highest BCUT2D eigenvalue weighted by Crippen LogP contribution is 2.08. The van der Waals surface area contributed by atoms with Gasteiger partial charge >= 0.3 is 0 Å². The number of nitrogens with one attached hydrogen (secondary N) is 1. The zero-order valence-electron chi connectivity index (χ0n) is 11.4. The van der Waals surface area contributed by atoms with Gasteiger partial charge in [-0.3, -0.25) is 0 Å². The standard InChI is InChI=1S/C16H22N2O/c1-13(11-16-7-4-10-19-16)18-9-8-14-5-2-3-6-15(14)12-17/h2-7,10,13,18H,8-9,11-12,17H2,1H3. The molecule has 1 aromatic carbocycles. The van der Waals surface area contributed by atoms with Crippen LogP contribution in [0.2, 0.25) is 0 Å². The predicted molar refractivity (Wildman–Crippen MR) is 77.9 cm³/mol. The van der Waals surface area contributed by atoms with Gasteiger partial charge in [-0.2, -0.15) is 0 Å². The van der Waals surface area contributed by atoms with Gasteiger partial charge in [0.2, 0.25) is 0 Å². The number of hydrogen-bond acceptors (Lipinski definition) is 3. The van der Waals surface area contributed by atoms with Crippen molar-refractivity contribution >= 4 is 0 Å². The Morgan fingerprint density at radius 1 is 1.16 bits per heavy atom. The lowest BCUT2D eigenvalue weighted by Crippen LogP contribution is -2.30. The molecule has 2 rings (SSSR count). The van der Waals surface area contributed by atoms with E-state index < -0.39 is 0 Å². The summed E-state index contributed by atoms with van der Waals surface area (Å²) in [5, 5.41) is 3.52. The largest absolute Gasteiger partial charge is 0.469 e. The van der Waals surface area contributed by atoms with E-state index >= 15 is 0 Å². The number of furan rings is 1. The second kappa shape index (κ2) is 7.12. The molecule has 1 unspecified atom stereocenters. The van der Waals surface area contributed by atoms with E-state index in [4.69, 9.17) is 10.2 Å². The van der Waals surface area contributed by atoms with Crippen LogP contribution in [0, 0.1) is 0 Å². The smallest absolute Gasteiger partial charge is 0.105 e. The predicted octanol–water partition coefficient (Wildman–Crippen LogP) is 2.50. The summed E-state index contributed by atoms with van der Waals surface area (Å²) < 4.78 is 5.35. The highest BCUT2D eigenvalue weighted by molar-refractivity contribution is 5.27. The van der Waals surface area contributed by atoms with E-state index in [9.17, 15) is 0 Å². The van der Waals surface area contributed by atoms with Crippen molar-refractivity contribution in [1.29, 1.82) is 0 Å². The second-order valence-electron chi connectivity index (χ2n) is 4.86. The Morgan fingerprint density at radius 2 is 1.95 bits per heavy atom. The Kier molecular flexibility index (Phi) is 5.19. The molecule has 0 saturated heterocycles. The van der Waals surface area contributed by atoms with Gasteiger partial charge in [0.05, 0.1) is 6.26 Å². The summed E-state index contributed by atoms with van der Waals surface area (Å²) in [6.07, 6.45) is 3.65. The fourth-order valence-corrected chi connectivity index (χ4v) is 2.26. The Bertz CT molecular complexity index is 479. The van der Waals surface area contributed by atoms with Crippen molar-refractivity contribution in [2.24, 2.45) is 5.73 Å². The van der Waals surface area contributed by atoms with E-state index in [1.807, 2.05) is 18.2 Å². The van der Waals surface area contributed by atoms with Crippen LogP contribution in [0.5, 0.6) is 0 Å². The molecule has 0 aliphatic heterocycles. The van der Waals surface area contributed by atoms with Gasteiger partial charge in [-0.15, -0.1) is 0 Å². The van der Waals surface area contributed by atoms with Gasteiger partial charge in [0.25, 0.3) is 0 Å². The van der Waals surface area contributed by atoms with E-state index in [-0.39, 0.29) is 0 Å². The van der Waals surface area contributed by atoms with Crippen LogP contribution in [0.3, 0.4) is 0 Å². The first-order valence-corrected chi connectivity index (χ1v) is 6.82. The van der Waals surface area contributed by atoms with Crippen molar-refractivity contribution in [1.82, 2.24) is 5.32 Å². The zero-order valence-corrected chi connectivity index (χ0v) is 11.4. The zero-order chi connectivity index (χ0) is 13.5. The van der Waals surface area contributed by atoms with E-state index in [0.29, 0.717) is 12.6 Å². The van der Waals surface area contributed by atoms with Crippen LogP contribution in [0.1, 0.15) is 23.8 Å². The summed E-state index contributed by atoms with van der Waals surface area (Å²) in [5.74, 6) is 1.03. The molecular formula is C16H22N2O. The fraction of sp³-hybridized carbons (Fsp3) is 0.375. The topological polar surface area (TPSA) is 51.2 Å². The number of rotatable bonds is 7. The van der Waals surface area contributed by atoms with E-state index in [1.165, 1.54) is 11.1 Å². The highest BCUT2D eigenvalue weighted by Gasteiger charge is 2.05. The molecule has 0 saturated carbocycles. The van der Waals surface area contributed by atoms with Gasteiger partial charge in [0.1, 0.15) is 5.76 Å². The minimum Gasteiger partial charge on any atom is -0.469 e. The molecule has 0 spiro atoms. The first kappa shape index (κ1) is 13.8. The molecule has 3 nitrogen and oxygen atoms in total. The Hall–Kier alpha value is -1.58. The molecule has 102 valence electrons. The molecule has 2 aromatic rings. The lowest BCUT2D eigenvalue weighted by molar-refractivity contribution is 0.458. The van der Waals surface area contributed by atoms with Crippen LogP contribution < -0.4 is 11.1 Å². The molecule has 0 fully saturated rings. The van der Waals surface area contributed by atoms with Gasteiger partial charge in [-0.25, -0.2) is 0 Å². The molecule has 0 aliphatic carbocycles.